The smallest absolute Gasteiger partial charge is 0.279 e. The van der Waals surface area contributed by atoms with Gasteiger partial charge in [0.2, 0.25) is 10.0 Å². The number of halogens is 1. The van der Waals surface area contributed by atoms with E-state index in [9.17, 15) is 17.6 Å². The Hall–Kier alpha value is -3.08. The molecule has 2 aromatic heterocycles. The zero-order valence-corrected chi connectivity index (χ0v) is 19.0. The molecule has 32 heavy (non-hydrogen) atoms. The monoisotopic (exact) mass is 473 g/mol. The molecule has 2 heterocycles. The Morgan fingerprint density at radius 1 is 1.19 bits per heavy atom. The minimum atomic E-state index is -3.75. The van der Waals surface area contributed by atoms with Crippen LogP contribution >= 0.6 is 11.3 Å². The molecule has 0 unspecified atom stereocenters. The summed E-state index contributed by atoms with van der Waals surface area (Å²) in [6.45, 7) is 2.57. The molecular weight excluding hydrogens is 453 g/mol. The molecule has 0 aliphatic heterocycles. The maximum atomic E-state index is 13.5. The van der Waals surface area contributed by atoms with E-state index >= 15 is 0 Å². The highest BCUT2D eigenvalue weighted by atomic mass is 32.2. The van der Waals surface area contributed by atoms with Crippen molar-refractivity contribution in [2.45, 2.75) is 24.9 Å². The molecule has 10 heteroatoms. The van der Waals surface area contributed by atoms with E-state index < -0.39 is 15.9 Å². The minimum Gasteiger partial charge on any atom is -0.468 e. The molecule has 0 saturated carbocycles. The fraction of sp³-hybridized carbons (Fsp3) is 0.182. The number of benzene rings is 2. The maximum absolute atomic E-state index is 13.5. The number of furan rings is 1. The molecule has 0 bridgehead atoms. The van der Waals surface area contributed by atoms with Crippen molar-refractivity contribution in [3.63, 3.8) is 0 Å². The van der Waals surface area contributed by atoms with E-state index in [2.05, 4.69) is 4.99 Å². The van der Waals surface area contributed by atoms with Crippen LogP contribution < -0.4 is 4.80 Å². The van der Waals surface area contributed by atoms with Crippen molar-refractivity contribution in [2.24, 2.45) is 4.99 Å². The van der Waals surface area contributed by atoms with Crippen LogP contribution in [0.3, 0.4) is 0 Å². The molecule has 0 fully saturated rings. The first-order chi connectivity index (χ1) is 15.3. The molecule has 166 valence electrons. The largest absolute Gasteiger partial charge is 0.468 e. The van der Waals surface area contributed by atoms with Crippen LogP contribution in [0.1, 0.15) is 23.0 Å². The fourth-order valence-corrected chi connectivity index (χ4v) is 5.50. The SMILES string of the molecule is CCn1c(=NC(=O)c2ccc(S(=O)(=O)N(C)Cc3ccco3)cc2)sc2cc(F)ccc21. The average molecular weight is 474 g/mol. The number of fused-ring (bicyclic) bond motifs is 1. The number of carbonyl (C=O) groups excluding carboxylic acids is 1. The van der Waals surface area contributed by atoms with E-state index in [1.165, 1.54) is 65.4 Å². The van der Waals surface area contributed by atoms with E-state index in [4.69, 9.17) is 4.42 Å². The van der Waals surface area contributed by atoms with Gasteiger partial charge in [0.05, 0.1) is 27.9 Å². The van der Waals surface area contributed by atoms with Crippen LogP contribution in [-0.2, 0) is 23.1 Å². The standard InChI is InChI=1S/C22H20FN3O4S2/c1-3-26-19-11-8-16(23)13-20(19)31-22(26)24-21(27)15-6-9-18(10-7-15)32(28,29)25(2)14-17-5-4-12-30-17/h4-13H,3,14H2,1-2H3. The second-order valence-electron chi connectivity index (χ2n) is 7.02. The van der Waals surface area contributed by atoms with Gasteiger partial charge in [-0.15, -0.1) is 0 Å². The number of sulfonamides is 1. The zero-order valence-electron chi connectivity index (χ0n) is 17.4. The molecule has 2 aromatic carbocycles. The Kier molecular flexibility index (Phi) is 6.09. The Balaban J connectivity index is 1.60. The first-order valence-electron chi connectivity index (χ1n) is 9.76. The van der Waals surface area contributed by atoms with Gasteiger partial charge in [-0.1, -0.05) is 11.3 Å². The summed E-state index contributed by atoms with van der Waals surface area (Å²) in [6, 6.07) is 13.5. The van der Waals surface area contributed by atoms with Gasteiger partial charge in [-0.3, -0.25) is 4.79 Å². The number of rotatable bonds is 6. The summed E-state index contributed by atoms with van der Waals surface area (Å²) in [7, 11) is -2.30. The van der Waals surface area contributed by atoms with Crippen LogP contribution in [0.2, 0.25) is 0 Å². The lowest BCUT2D eigenvalue weighted by Gasteiger charge is -2.16. The predicted octanol–water partition coefficient (Wildman–Crippen LogP) is 4.02. The van der Waals surface area contributed by atoms with Crippen molar-refractivity contribution in [1.82, 2.24) is 8.87 Å². The lowest BCUT2D eigenvalue weighted by molar-refractivity contribution is 0.0997. The van der Waals surface area contributed by atoms with E-state index in [1.54, 1.807) is 18.2 Å². The molecule has 0 radical (unpaired) electrons. The van der Waals surface area contributed by atoms with Gasteiger partial charge in [0.25, 0.3) is 5.91 Å². The molecule has 0 atom stereocenters. The first-order valence-corrected chi connectivity index (χ1v) is 12.0. The van der Waals surface area contributed by atoms with Gasteiger partial charge in [-0.2, -0.15) is 9.30 Å². The fourth-order valence-electron chi connectivity index (χ4n) is 3.25. The average Bonchev–Trinajstić information content (AvgIpc) is 3.40. The van der Waals surface area contributed by atoms with Crippen molar-refractivity contribution < 1.29 is 22.0 Å². The van der Waals surface area contributed by atoms with Gasteiger partial charge in [-0.05, 0) is 61.5 Å². The summed E-state index contributed by atoms with van der Waals surface area (Å²) < 4.78 is 48.0. The number of nitrogens with zero attached hydrogens (tertiary/aromatic N) is 3. The summed E-state index contributed by atoms with van der Waals surface area (Å²) >= 11 is 1.22. The van der Waals surface area contributed by atoms with E-state index in [1.807, 2.05) is 11.5 Å². The number of aryl methyl sites for hydroxylation is 1. The Labute approximate surface area is 188 Å². The number of aromatic nitrogens is 1. The van der Waals surface area contributed by atoms with Gasteiger partial charge in [0.15, 0.2) is 4.80 Å². The lowest BCUT2D eigenvalue weighted by atomic mass is 10.2. The Morgan fingerprint density at radius 2 is 1.94 bits per heavy atom. The highest BCUT2D eigenvalue weighted by Gasteiger charge is 2.22. The second-order valence-corrected chi connectivity index (χ2v) is 10.1. The van der Waals surface area contributed by atoms with E-state index in [0.29, 0.717) is 21.8 Å². The molecule has 0 aliphatic rings. The Morgan fingerprint density at radius 3 is 2.59 bits per heavy atom. The van der Waals surface area contributed by atoms with Crippen LogP contribution in [0, 0.1) is 5.82 Å². The number of amides is 1. The van der Waals surface area contributed by atoms with Crippen LogP contribution in [0.5, 0.6) is 0 Å². The van der Waals surface area contributed by atoms with E-state index in [-0.39, 0.29) is 22.8 Å². The number of carbonyl (C=O) groups is 1. The maximum Gasteiger partial charge on any atom is 0.279 e. The van der Waals surface area contributed by atoms with Gasteiger partial charge in [-0.25, -0.2) is 12.8 Å². The predicted molar refractivity (Wildman–Crippen MR) is 119 cm³/mol. The molecule has 0 saturated heterocycles. The third kappa shape index (κ3) is 4.29. The zero-order chi connectivity index (χ0) is 22.9. The highest BCUT2D eigenvalue weighted by molar-refractivity contribution is 7.89. The topological polar surface area (TPSA) is 84.9 Å². The number of thiazole rings is 1. The van der Waals surface area contributed by atoms with Crippen LogP contribution in [0.15, 0.2) is 75.2 Å². The molecular formula is C22H20FN3O4S2. The normalized spacial score (nSPS) is 12.7. The van der Waals surface area contributed by atoms with Gasteiger partial charge >= 0.3 is 0 Å². The summed E-state index contributed by atoms with van der Waals surface area (Å²) in [6.07, 6.45) is 1.48. The molecule has 7 nitrogen and oxygen atoms in total. The Bertz CT molecular complexity index is 1440. The molecule has 0 N–H and O–H groups in total. The van der Waals surface area contributed by atoms with E-state index in [0.717, 1.165) is 5.52 Å². The number of hydrogen-bond acceptors (Lipinski definition) is 5. The van der Waals surface area contributed by atoms with Crippen molar-refractivity contribution in [3.05, 3.63) is 82.8 Å². The summed E-state index contributed by atoms with van der Waals surface area (Å²) in [5.74, 6) is -0.338. The third-order valence-corrected chi connectivity index (χ3v) is 7.79. The summed E-state index contributed by atoms with van der Waals surface area (Å²) in [4.78, 5) is 17.4. The van der Waals surface area contributed by atoms with Crippen LogP contribution in [0.4, 0.5) is 4.39 Å². The van der Waals surface area contributed by atoms with Crippen LogP contribution in [-0.4, -0.2) is 30.2 Å². The van der Waals surface area contributed by atoms with Crippen molar-refractivity contribution in [3.8, 4) is 0 Å². The number of hydrogen-bond donors (Lipinski definition) is 0. The van der Waals surface area contributed by atoms with Gasteiger partial charge < -0.3 is 8.98 Å². The van der Waals surface area contributed by atoms with Gasteiger partial charge in [0.1, 0.15) is 11.6 Å². The first kappa shape index (κ1) is 22.1. The highest BCUT2D eigenvalue weighted by Crippen LogP contribution is 2.20. The minimum absolute atomic E-state index is 0.0593. The molecule has 4 rings (SSSR count). The van der Waals surface area contributed by atoms with Crippen LogP contribution in [0.25, 0.3) is 10.2 Å². The third-order valence-electron chi connectivity index (χ3n) is 4.93. The summed E-state index contributed by atoms with van der Waals surface area (Å²) in [5.41, 5.74) is 1.05. The van der Waals surface area contributed by atoms with Crippen molar-refractivity contribution in [1.29, 1.82) is 0 Å². The molecule has 0 aliphatic carbocycles. The molecule has 1 amide bonds. The summed E-state index contributed by atoms with van der Waals surface area (Å²) in [5, 5.41) is 0. The lowest BCUT2D eigenvalue weighted by Crippen LogP contribution is -2.26. The quantitative estimate of drug-likeness (QED) is 0.423. The van der Waals surface area contributed by atoms with Gasteiger partial charge in [0, 0.05) is 19.2 Å². The van der Waals surface area contributed by atoms with Crippen molar-refractivity contribution in [2.75, 3.05) is 7.05 Å². The molecule has 4 aromatic rings. The molecule has 0 spiro atoms. The second kappa shape index (κ2) is 8.81. The van der Waals surface area contributed by atoms with Crippen molar-refractivity contribution >= 4 is 37.5 Å².